The number of hydroxylamine groups is 2. The van der Waals surface area contributed by atoms with Gasteiger partial charge in [-0.15, -0.1) is 0 Å². The van der Waals surface area contributed by atoms with Gasteiger partial charge in [0, 0.05) is 19.6 Å². The van der Waals surface area contributed by atoms with Gasteiger partial charge in [-0.05, 0) is 29.5 Å². The molecule has 0 aliphatic carbocycles. The molecule has 2 bridgehead atoms. The standard InChI is InChI=1S/C28H29N3O3.2C2H6/c32-27(29(18-22-10-4-1-5-11-22)19-23-12-6-2-7-13-23)26-17-16-25-20-30(26)28(33)31(25)34-21-24-14-8-3-9-15-24;2*1-2/h1-15,25-26H,16-21H2;2*1-2H3/t25?,26-;;/m0../s1. The van der Waals surface area contributed by atoms with E-state index in [1.807, 2.05) is 124 Å². The number of piperidine rings is 1. The minimum atomic E-state index is -0.471. The van der Waals surface area contributed by atoms with Crippen molar-refractivity contribution in [2.45, 2.75) is 72.3 Å². The summed E-state index contributed by atoms with van der Waals surface area (Å²) in [6.07, 6.45) is 1.39. The van der Waals surface area contributed by atoms with Gasteiger partial charge in [-0.2, -0.15) is 5.06 Å². The average Bonchev–Trinajstić information content (AvgIpc) is 3.23. The number of fused-ring (bicyclic) bond motifs is 2. The molecular formula is C32H41N3O3. The van der Waals surface area contributed by atoms with Crippen LogP contribution in [0.25, 0.3) is 0 Å². The van der Waals surface area contributed by atoms with Crippen molar-refractivity contribution in [3.63, 3.8) is 0 Å². The third-order valence-electron chi connectivity index (χ3n) is 6.57. The maximum atomic E-state index is 13.8. The van der Waals surface area contributed by atoms with Gasteiger partial charge in [0.25, 0.3) is 0 Å². The van der Waals surface area contributed by atoms with Gasteiger partial charge in [0.1, 0.15) is 12.6 Å². The summed E-state index contributed by atoms with van der Waals surface area (Å²) in [5.41, 5.74) is 3.15. The van der Waals surface area contributed by atoms with Crippen LogP contribution in [0.15, 0.2) is 91.0 Å². The van der Waals surface area contributed by atoms with E-state index < -0.39 is 6.04 Å². The summed E-state index contributed by atoms with van der Waals surface area (Å²) in [6.45, 7) is 9.87. The number of benzene rings is 3. The van der Waals surface area contributed by atoms with E-state index in [1.54, 1.807) is 4.90 Å². The Bertz CT molecular complexity index is 1070. The molecule has 38 heavy (non-hydrogen) atoms. The topological polar surface area (TPSA) is 53.1 Å². The Morgan fingerprint density at radius 1 is 0.763 bits per heavy atom. The normalized spacial score (nSPS) is 17.6. The van der Waals surface area contributed by atoms with E-state index in [2.05, 4.69) is 0 Å². The van der Waals surface area contributed by atoms with Crippen molar-refractivity contribution in [3.8, 4) is 0 Å². The Morgan fingerprint density at radius 2 is 1.24 bits per heavy atom. The first-order chi connectivity index (χ1) is 18.7. The van der Waals surface area contributed by atoms with Crippen LogP contribution in [0.4, 0.5) is 4.79 Å². The molecule has 0 spiro atoms. The molecule has 2 atom stereocenters. The Labute approximate surface area is 227 Å². The molecule has 0 aromatic heterocycles. The molecule has 6 nitrogen and oxygen atoms in total. The van der Waals surface area contributed by atoms with Crippen LogP contribution < -0.4 is 0 Å². The first-order valence-electron chi connectivity index (χ1n) is 13.8. The molecule has 2 fully saturated rings. The third-order valence-corrected chi connectivity index (χ3v) is 6.57. The van der Waals surface area contributed by atoms with Crippen molar-refractivity contribution < 1.29 is 14.4 Å². The van der Waals surface area contributed by atoms with Gasteiger partial charge in [-0.3, -0.25) is 9.63 Å². The summed E-state index contributed by atoms with van der Waals surface area (Å²) in [4.78, 5) is 36.5. The molecule has 6 heteroatoms. The summed E-state index contributed by atoms with van der Waals surface area (Å²) < 4.78 is 0. The van der Waals surface area contributed by atoms with E-state index in [1.165, 1.54) is 5.06 Å². The summed E-state index contributed by atoms with van der Waals surface area (Å²) in [6, 6.07) is 29.1. The molecule has 3 aromatic rings. The van der Waals surface area contributed by atoms with Crippen LogP contribution in [0.5, 0.6) is 0 Å². The SMILES string of the molecule is CC.CC.O=C([C@@H]1CCC2CN1C(=O)N2OCc1ccccc1)N(Cc1ccccc1)Cc1ccccc1. The number of nitrogens with zero attached hydrogens (tertiary/aromatic N) is 3. The molecule has 2 aliphatic heterocycles. The zero-order chi connectivity index (χ0) is 27.3. The highest BCUT2D eigenvalue weighted by atomic mass is 16.7. The number of hydrogen-bond donors (Lipinski definition) is 0. The van der Waals surface area contributed by atoms with E-state index in [0.717, 1.165) is 23.1 Å². The number of carbonyl (C=O) groups is 2. The molecule has 0 N–H and O–H groups in total. The molecule has 2 aliphatic rings. The van der Waals surface area contributed by atoms with Crippen molar-refractivity contribution in [3.05, 3.63) is 108 Å². The summed E-state index contributed by atoms with van der Waals surface area (Å²) >= 11 is 0. The maximum absolute atomic E-state index is 13.8. The lowest BCUT2D eigenvalue weighted by atomic mass is 9.99. The van der Waals surface area contributed by atoms with Gasteiger partial charge in [0.15, 0.2) is 0 Å². The molecule has 3 aromatic carbocycles. The second-order valence-electron chi connectivity index (χ2n) is 8.93. The minimum absolute atomic E-state index is 0.00980. The van der Waals surface area contributed by atoms with Gasteiger partial charge in [0.2, 0.25) is 5.91 Å². The lowest BCUT2D eigenvalue weighted by molar-refractivity contribution is -0.141. The Morgan fingerprint density at radius 3 is 1.74 bits per heavy atom. The highest BCUT2D eigenvalue weighted by Crippen LogP contribution is 2.32. The third kappa shape index (κ3) is 7.23. The monoisotopic (exact) mass is 515 g/mol. The van der Waals surface area contributed by atoms with E-state index in [-0.39, 0.29) is 18.0 Å². The van der Waals surface area contributed by atoms with E-state index in [0.29, 0.717) is 32.7 Å². The molecule has 3 amide bonds. The largest absolute Gasteiger partial charge is 0.345 e. The number of carbonyl (C=O) groups excluding carboxylic acids is 2. The first-order valence-corrected chi connectivity index (χ1v) is 13.8. The molecular weight excluding hydrogens is 474 g/mol. The van der Waals surface area contributed by atoms with E-state index in [4.69, 9.17) is 4.84 Å². The van der Waals surface area contributed by atoms with E-state index >= 15 is 0 Å². The van der Waals surface area contributed by atoms with Crippen molar-refractivity contribution >= 4 is 11.9 Å². The van der Waals surface area contributed by atoms with Gasteiger partial charge < -0.3 is 9.80 Å². The van der Waals surface area contributed by atoms with Crippen LogP contribution in [0, 0.1) is 0 Å². The van der Waals surface area contributed by atoms with Gasteiger partial charge in [0.05, 0.1) is 6.04 Å². The van der Waals surface area contributed by atoms with Crippen molar-refractivity contribution in [2.75, 3.05) is 6.54 Å². The minimum Gasteiger partial charge on any atom is -0.332 e. The number of hydrogen-bond acceptors (Lipinski definition) is 3. The second kappa shape index (κ2) is 14.9. The van der Waals surface area contributed by atoms with Crippen LogP contribution in [-0.4, -0.2) is 45.4 Å². The van der Waals surface area contributed by atoms with Crippen molar-refractivity contribution in [1.82, 2.24) is 14.9 Å². The number of rotatable bonds is 8. The second-order valence-corrected chi connectivity index (χ2v) is 8.93. The molecule has 0 radical (unpaired) electrons. The van der Waals surface area contributed by atoms with Crippen LogP contribution in [0.3, 0.4) is 0 Å². The van der Waals surface area contributed by atoms with Crippen LogP contribution in [0.1, 0.15) is 57.2 Å². The van der Waals surface area contributed by atoms with Crippen LogP contribution in [0.2, 0.25) is 0 Å². The predicted octanol–water partition coefficient (Wildman–Crippen LogP) is 6.67. The quantitative estimate of drug-likeness (QED) is 0.337. The Hall–Kier alpha value is -3.64. The Balaban J connectivity index is 0.000000956. The molecule has 202 valence electrons. The Kier molecular flexibility index (Phi) is 11.4. The van der Waals surface area contributed by atoms with Gasteiger partial charge >= 0.3 is 6.03 Å². The predicted molar refractivity (Wildman–Crippen MR) is 152 cm³/mol. The summed E-state index contributed by atoms with van der Waals surface area (Å²) in [5, 5.41) is 1.49. The molecule has 1 unspecified atom stereocenters. The van der Waals surface area contributed by atoms with Gasteiger partial charge in [-0.25, -0.2) is 4.79 Å². The van der Waals surface area contributed by atoms with Crippen molar-refractivity contribution in [2.24, 2.45) is 0 Å². The lowest BCUT2D eigenvalue weighted by Gasteiger charge is -2.34. The number of amides is 3. The molecule has 5 rings (SSSR count). The zero-order valence-corrected chi connectivity index (χ0v) is 23.1. The van der Waals surface area contributed by atoms with E-state index in [9.17, 15) is 9.59 Å². The average molecular weight is 516 g/mol. The fraction of sp³-hybridized carbons (Fsp3) is 0.375. The van der Waals surface area contributed by atoms with Crippen molar-refractivity contribution in [1.29, 1.82) is 0 Å². The first kappa shape index (κ1) is 28.9. The molecule has 2 saturated heterocycles. The fourth-order valence-corrected chi connectivity index (χ4v) is 4.80. The smallest absolute Gasteiger partial charge is 0.332 e. The van der Waals surface area contributed by atoms with Crippen LogP contribution >= 0.6 is 0 Å². The van der Waals surface area contributed by atoms with Crippen LogP contribution in [-0.2, 0) is 29.3 Å². The molecule has 2 heterocycles. The fourth-order valence-electron chi connectivity index (χ4n) is 4.80. The summed E-state index contributed by atoms with van der Waals surface area (Å²) in [7, 11) is 0. The lowest BCUT2D eigenvalue weighted by Crippen LogP contribution is -2.50. The van der Waals surface area contributed by atoms with Gasteiger partial charge in [-0.1, -0.05) is 119 Å². The number of urea groups is 1. The molecule has 0 saturated carbocycles. The maximum Gasteiger partial charge on any atom is 0.345 e. The highest BCUT2D eigenvalue weighted by Gasteiger charge is 2.48. The summed E-state index contributed by atoms with van der Waals surface area (Å²) in [5.74, 6) is -0.00980. The highest BCUT2D eigenvalue weighted by molar-refractivity contribution is 5.88. The zero-order valence-electron chi connectivity index (χ0n) is 23.1.